The van der Waals surface area contributed by atoms with E-state index in [9.17, 15) is 28.2 Å². The number of sulfone groups is 1. The maximum atomic E-state index is 13.3. The van der Waals surface area contributed by atoms with Crippen molar-refractivity contribution in [2.24, 2.45) is 62.1 Å². The summed E-state index contributed by atoms with van der Waals surface area (Å²) < 4.78 is 30.7. The van der Waals surface area contributed by atoms with Crippen molar-refractivity contribution in [3.63, 3.8) is 0 Å². The molecule has 0 aromatic rings. The molecule has 7 fully saturated rings. The van der Waals surface area contributed by atoms with E-state index in [4.69, 9.17) is 4.74 Å². The van der Waals surface area contributed by atoms with E-state index in [1.54, 1.807) is 0 Å². The monoisotopic (exact) mass is 803 g/mol. The Morgan fingerprint density at radius 1 is 0.821 bits per heavy atom. The summed E-state index contributed by atoms with van der Waals surface area (Å²) in [6, 6.07) is -0.0308. The molecule has 10 heteroatoms. The number of nitrogens with one attached hydrogen (secondary N) is 1. The molecule has 320 valence electrons. The minimum absolute atomic E-state index is 0.0308. The van der Waals surface area contributed by atoms with Crippen LogP contribution in [0.2, 0.25) is 0 Å². The lowest BCUT2D eigenvalue weighted by Crippen LogP contribution is -2.69. The number of hydrogen-bond donors (Lipinski definition) is 3. The number of carbonyl (C=O) groups is 2. The van der Waals surface area contributed by atoms with Crippen molar-refractivity contribution in [3.8, 4) is 0 Å². The summed E-state index contributed by atoms with van der Waals surface area (Å²) in [5.41, 5.74) is 0.438. The Labute approximate surface area is 339 Å². The Hall–Kier alpha value is -1.23. The second-order valence-corrected chi connectivity index (χ2v) is 25.4. The fraction of sp³-hybridized carbons (Fsp3) is 0.957. The fourth-order valence-corrected chi connectivity index (χ4v) is 17.0. The lowest BCUT2D eigenvalue weighted by Gasteiger charge is -2.73. The predicted octanol–water partition coefficient (Wildman–Crippen LogP) is 7.88. The first-order valence-corrected chi connectivity index (χ1v) is 24.5. The van der Waals surface area contributed by atoms with Crippen molar-refractivity contribution in [3.05, 3.63) is 0 Å². The molecule has 12 atom stereocenters. The van der Waals surface area contributed by atoms with E-state index in [0.29, 0.717) is 42.2 Å². The molecule has 1 heterocycles. The van der Waals surface area contributed by atoms with Gasteiger partial charge < -0.3 is 20.3 Å². The highest BCUT2D eigenvalue weighted by Gasteiger charge is 2.72. The van der Waals surface area contributed by atoms with Crippen LogP contribution < -0.4 is 5.32 Å². The Morgan fingerprint density at radius 2 is 1.50 bits per heavy atom. The molecule has 0 radical (unpaired) electrons. The molecule has 7 aliphatic rings. The van der Waals surface area contributed by atoms with E-state index >= 15 is 0 Å². The topological polar surface area (TPSA) is 133 Å². The first-order valence-electron chi connectivity index (χ1n) is 22.7. The molecule has 2 unspecified atom stereocenters. The molecule has 6 aliphatic carbocycles. The fourth-order valence-electron chi connectivity index (χ4n) is 15.8. The minimum atomic E-state index is -2.97. The number of hydrogen-bond acceptors (Lipinski definition) is 8. The number of fused-ring (bicyclic) bond motifs is 7. The Morgan fingerprint density at radius 3 is 2.12 bits per heavy atom. The van der Waals surface area contributed by atoms with Gasteiger partial charge in [0.05, 0.1) is 30.5 Å². The number of ether oxygens (including phenoxy) is 1. The highest BCUT2D eigenvalue weighted by Crippen LogP contribution is 2.77. The van der Waals surface area contributed by atoms with Gasteiger partial charge in [-0.05, 0) is 154 Å². The molecule has 0 aromatic heterocycles. The Bertz CT molecular complexity index is 1610. The summed E-state index contributed by atoms with van der Waals surface area (Å²) in [5, 5.41) is 24.6. The average Bonchev–Trinajstić information content (AvgIpc) is 3.70. The summed E-state index contributed by atoms with van der Waals surface area (Å²) in [6.07, 6.45) is 14.9. The van der Waals surface area contributed by atoms with Gasteiger partial charge in [0.2, 0.25) is 0 Å². The van der Waals surface area contributed by atoms with E-state index in [0.717, 1.165) is 38.1 Å². The zero-order chi connectivity index (χ0) is 40.9. The number of carboxylic acids is 1. The van der Waals surface area contributed by atoms with Crippen LogP contribution in [0, 0.1) is 62.1 Å². The largest absolute Gasteiger partial charge is 0.481 e. The molecule has 0 aromatic carbocycles. The van der Waals surface area contributed by atoms with Crippen LogP contribution in [-0.2, 0) is 24.2 Å². The number of carboxylic acid groups (broad SMARTS) is 1. The molecule has 3 N–H and O–H groups in total. The average molecular weight is 803 g/mol. The van der Waals surface area contributed by atoms with Crippen LogP contribution in [0.5, 0.6) is 0 Å². The second kappa shape index (κ2) is 14.5. The van der Waals surface area contributed by atoms with Gasteiger partial charge in [0.25, 0.3) is 0 Å². The number of rotatable bonds is 12. The second-order valence-electron chi connectivity index (χ2n) is 23.1. The van der Waals surface area contributed by atoms with Crippen molar-refractivity contribution in [1.82, 2.24) is 10.2 Å². The maximum Gasteiger partial charge on any atom is 0.306 e. The van der Waals surface area contributed by atoms with Crippen molar-refractivity contribution in [2.45, 2.75) is 182 Å². The predicted molar refractivity (Wildman–Crippen MR) is 221 cm³/mol. The molecular weight excluding hydrogens is 725 g/mol. The van der Waals surface area contributed by atoms with Gasteiger partial charge in [0.15, 0.2) is 9.84 Å². The van der Waals surface area contributed by atoms with E-state index < -0.39 is 27.3 Å². The van der Waals surface area contributed by atoms with Gasteiger partial charge in [-0.15, -0.1) is 0 Å². The molecule has 0 amide bonds. The number of nitrogens with zero attached hydrogens (tertiary/aromatic N) is 1. The van der Waals surface area contributed by atoms with Gasteiger partial charge in [-0.2, -0.15) is 0 Å². The zero-order valence-corrected chi connectivity index (χ0v) is 37.4. The summed E-state index contributed by atoms with van der Waals surface area (Å²) >= 11 is 0. The standard InChI is InChI=1S/C46H78N2O7S/c1-30(49)33(48-24-26-56(53,54)27-25-48)15-23-47-46-18-12-31(42(6)19-20-42)39(46)32-10-11-35-43(7)16-14-36(55-38(52)29-40(2,3)28-37(50)51)41(4,5)34(43)13-17-45(35,9)44(32,8)21-22-46/h30-36,39,47,49H,10-29H2,1-9H3,(H,50,51)/t30?,31-,32-,33?,34+,35-,36+,39-,43+,44-,45-,46+/m1/s1. The molecule has 6 saturated carbocycles. The molecule has 9 nitrogen and oxygen atoms in total. The lowest BCUT2D eigenvalue weighted by atomic mass is 9.32. The number of esters is 1. The summed E-state index contributed by atoms with van der Waals surface area (Å²) in [7, 11) is -2.97. The zero-order valence-electron chi connectivity index (χ0n) is 36.6. The summed E-state index contributed by atoms with van der Waals surface area (Å²) in [4.78, 5) is 27.0. The van der Waals surface area contributed by atoms with Gasteiger partial charge in [-0.1, -0.05) is 55.4 Å². The van der Waals surface area contributed by atoms with Crippen molar-refractivity contribution >= 4 is 21.8 Å². The van der Waals surface area contributed by atoms with Gasteiger partial charge in [0.1, 0.15) is 6.10 Å². The summed E-state index contributed by atoms with van der Waals surface area (Å²) in [5.74, 6) is 2.40. The smallest absolute Gasteiger partial charge is 0.306 e. The van der Waals surface area contributed by atoms with Crippen LogP contribution in [0.25, 0.3) is 0 Å². The Kier molecular flexibility index (Phi) is 11.1. The molecule has 1 aliphatic heterocycles. The SMILES string of the molecule is CC(O)C(CCN[C@]12CC[C@@H](C3(C)CC3)[C@@H]1[C@H]1CC[C@@H]3[C@@]4(C)CC[C@H](OC(=O)CC(C)(C)CC(=O)O)C(C)(C)[C@@H]4CC[C@@]3(C)[C@]1(C)CC2)N1CCS(=O)(=O)CC1. The van der Waals surface area contributed by atoms with Crippen LogP contribution in [-0.4, -0.2) is 90.4 Å². The molecular formula is C46H78N2O7S. The van der Waals surface area contributed by atoms with Crippen LogP contribution in [0.4, 0.5) is 0 Å². The van der Waals surface area contributed by atoms with Crippen LogP contribution in [0.1, 0.15) is 159 Å². The molecule has 1 saturated heterocycles. The maximum absolute atomic E-state index is 13.3. The van der Waals surface area contributed by atoms with Crippen molar-refractivity contribution in [1.29, 1.82) is 0 Å². The first-order chi connectivity index (χ1) is 25.9. The van der Waals surface area contributed by atoms with E-state index in [2.05, 4.69) is 51.8 Å². The number of aliphatic carboxylic acids is 1. The first kappa shape index (κ1) is 42.9. The van der Waals surface area contributed by atoms with Crippen LogP contribution >= 0.6 is 0 Å². The van der Waals surface area contributed by atoms with E-state index in [-0.39, 0.29) is 69.7 Å². The lowest BCUT2D eigenvalue weighted by molar-refractivity contribution is -0.248. The molecule has 0 spiro atoms. The van der Waals surface area contributed by atoms with E-state index in [1.807, 2.05) is 20.8 Å². The van der Waals surface area contributed by atoms with Gasteiger partial charge in [-0.25, -0.2) is 8.42 Å². The van der Waals surface area contributed by atoms with Crippen LogP contribution in [0.3, 0.4) is 0 Å². The Balaban J connectivity index is 1.09. The highest BCUT2D eigenvalue weighted by molar-refractivity contribution is 7.91. The number of carbonyl (C=O) groups excluding carboxylic acids is 1. The van der Waals surface area contributed by atoms with Gasteiger partial charge in [0, 0.05) is 30.1 Å². The van der Waals surface area contributed by atoms with Crippen LogP contribution in [0.15, 0.2) is 0 Å². The third kappa shape index (κ3) is 7.24. The normalized spacial score (nSPS) is 43.6. The quantitative estimate of drug-likeness (QED) is 0.169. The molecule has 56 heavy (non-hydrogen) atoms. The number of aliphatic hydroxyl groups is 1. The summed E-state index contributed by atoms with van der Waals surface area (Å²) in [6.45, 7) is 22.7. The third-order valence-electron chi connectivity index (χ3n) is 19.2. The minimum Gasteiger partial charge on any atom is -0.481 e. The molecule has 7 rings (SSSR count). The molecule has 0 bridgehead atoms. The number of aliphatic hydroxyl groups excluding tert-OH is 1. The van der Waals surface area contributed by atoms with Crippen molar-refractivity contribution in [2.75, 3.05) is 31.1 Å². The van der Waals surface area contributed by atoms with E-state index in [1.165, 1.54) is 57.8 Å². The third-order valence-corrected chi connectivity index (χ3v) is 20.8. The van der Waals surface area contributed by atoms with Crippen molar-refractivity contribution < 1.29 is 33.0 Å². The highest BCUT2D eigenvalue weighted by atomic mass is 32.2. The van der Waals surface area contributed by atoms with Gasteiger partial charge >= 0.3 is 11.9 Å². The van der Waals surface area contributed by atoms with Gasteiger partial charge in [-0.3, -0.25) is 14.5 Å².